The standard InChI is InChI=1S/C19H17BrO6S/c1-4-24-19(23)18-13(5-6-15-7-8-17(20)27-15)9-14(25-11(2)21)10-16(18)26-12(3)22/h5-10H,4H2,1-3H3. The molecule has 0 atom stereocenters. The van der Waals surface area contributed by atoms with Crippen LogP contribution < -0.4 is 9.47 Å². The minimum absolute atomic E-state index is 0.0355. The van der Waals surface area contributed by atoms with E-state index in [0.717, 1.165) is 8.66 Å². The number of carbonyl (C=O) groups excluding carboxylic acids is 3. The van der Waals surface area contributed by atoms with Crippen molar-refractivity contribution in [1.82, 2.24) is 0 Å². The maximum atomic E-state index is 12.5. The number of rotatable bonds is 6. The van der Waals surface area contributed by atoms with E-state index in [2.05, 4.69) is 15.9 Å². The molecule has 2 rings (SSSR count). The third-order valence-corrected chi connectivity index (χ3v) is 4.71. The summed E-state index contributed by atoms with van der Waals surface area (Å²) in [4.78, 5) is 36.2. The molecule has 142 valence electrons. The summed E-state index contributed by atoms with van der Waals surface area (Å²) in [6.07, 6.45) is 3.47. The Kier molecular flexibility index (Phi) is 7.32. The van der Waals surface area contributed by atoms with E-state index < -0.39 is 17.9 Å². The molecule has 0 aliphatic rings. The number of hydrogen-bond acceptors (Lipinski definition) is 7. The predicted octanol–water partition coefficient (Wildman–Crippen LogP) is 4.71. The summed E-state index contributed by atoms with van der Waals surface area (Å²) in [7, 11) is 0. The van der Waals surface area contributed by atoms with Crippen LogP contribution in [0.2, 0.25) is 0 Å². The highest BCUT2D eigenvalue weighted by atomic mass is 79.9. The van der Waals surface area contributed by atoms with Crippen molar-refractivity contribution < 1.29 is 28.6 Å². The van der Waals surface area contributed by atoms with E-state index in [1.54, 1.807) is 19.1 Å². The lowest BCUT2D eigenvalue weighted by Gasteiger charge is -2.13. The van der Waals surface area contributed by atoms with Gasteiger partial charge in [-0.3, -0.25) is 9.59 Å². The summed E-state index contributed by atoms with van der Waals surface area (Å²) in [5.41, 5.74) is 0.475. The van der Waals surface area contributed by atoms with Crippen LogP contribution in [0.5, 0.6) is 11.5 Å². The number of halogens is 1. The topological polar surface area (TPSA) is 78.9 Å². The average Bonchev–Trinajstić information content (AvgIpc) is 2.97. The first-order valence-electron chi connectivity index (χ1n) is 7.95. The first-order valence-corrected chi connectivity index (χ1v) is 9.56. The van der Waals surface area contributed by atoms with Crippen LogP contribution in [0, 0.1) is 0 Å². The highest BCUT2D eigenvalue weighted by molar-refractivity contribution is 9.11. The van der Waals surface area contributed by atoms with Gasteiger partial charge in [0.1, 0.15) is 17.1 Å². The summed E-state index contributed by atoms with van der Waals surface area (Å²) >= 11 is 4.89. The normalized spacial score (nSPS) is 10.7. The van der Waals surface area contributed by atoms with Crippen LogP contribution in [0.4, 0.5) is 0 Å². The average molecular weight is 453 g/mol. The van der Waals surface area contributed by atoms with E-state index in [9.17, 15) is 14.4 Å². The molecule has 0 aliphatic heterocycles. The van der Waals surface area contributed by atoms with E-state index in [1.807, 2.05) is 12.1 Å². The fraction of sp³-hybridized carbons (Fsp3) is 0.211. The van der Waals surface area contributed by atoms with Crippen molar-refractivity contribution in [1.29, 1.82) is 0 Å². The molecule has 8 heteroatoms. The van der Waals surface area contributed by atoms with E-state index in [0.29, 0.717) is 5.56 Å². The molecule has 0 saturated heterocycles. The van der Waals surface area contributed by atoms with Crippen molar-refractivity contribution in [3.8, 4) is 11.5 Å². The number of ether oxygens (including phenoxy) is 3. The van der Waals surface area contributed by atoms with Gasteiger partial charge < -0.3 is 14.2 Å². The lowest BCUT2D eigenvalue weighted by atomic mass is 10.0. The Labute approximate surface area is 168 Å². The molecule has 1 heterocycles. The number of thiophene rings is 1. The number of benzene rings is 1. The summed E-state index contributed by atoms with van der Waals surface area (Å²) < 4.78 is 16.3. The Morgan fingerprint density at radius 3 is 2.33 bits per heavy atom. The fourth-order valence-corrected chi connectivity index (χ4v) is 3.54. The largest absolute Gasteiger partial charge is 0.462 e. The molecular formula is C19H17BrO6S. The molecule has 27 heavy (non-hydrogen) atoms. The molecule has 2 aromatic rings. The van der Waals surface area contributed by atoms with Gasteiger partial charge in [0.05, 0.1) is 10.4 Å². The lowest BCUT2D eigenvalue weighted by Crippen LogP contribution is -2.13. The Morgan fingerprint density at radius 2 is 1.78 bits per heavy atom. The van der Waals surface area contributed by atoms with Gasteiger partial charge >= 0.3 is 17.9 Å². The summed E-state index contributed by atoms with van der Waals surface area (Å²) in [5.74, 6) is -1.68. The molecule has 6 nitrogen and oxygen atoms in total. The van der Waals surface area contributed by atoms with Crippen LogP contribution in [0.1, 0.15) is 41.6 Å². The minimum atomic E-state index is -0.643. The molecule has 0 radical (unpaired) electrons. The second-order valence-electron chi connectivity index (χ2n) is 5.27. The fourth-order valence-electron chi connectivity index (χ4n) is 2.21. The van der Waals surface area contributed by atoms with Gasteiger partial charge in [-0.2, -0.15) is 0 Å². The maximum Gasteiger partial charge on any atom is 0.342 e. The van der Waals surface area contributed by atoms with E-state index >= 15 is 0 Å². The molecule has 0 saturated carbocycles. The Bertz CT molecular complexity index is 900. The van der Waals surface area contributed by atoms with Gasteiger partial charge in [-0.25, -0.2) is 4.79 Å². The van der Waals surface area contributed by atoms with Gasteiger partial charge in [-0.1, -0.05) is 6.08 Å². The van der Waals surface area contributed by atoms with Crippen LogP contribution in [-0.4, -0.2) is 24.5 Å². The van der Waals surface area contributed by atoms with Gasteiger partial charge in [-0.15, -0.1) is 11.3 Å². The summed E-state index contributed by atoms with van der Waals surface area (Å²) in [6, 6.07) is 6.63. The molecule has 0 bridgehead atoms. The number of hydrogen-bond donors (Lipinski definition) is 0. The van der Waals surface area contributed by atoms with Gasteiger partial charge in [0.25, 0.3) is 0 Å². The Balaban J connectivity index is 2.59. The SMILES string of the molecule is CCOC(=O)c1c(C=Cc2ccc(Br)s2)cc(OC(C)=O)cc1OC(C)=O. The zero-order valence-corrected chi connectivity index (χ0v) is 17.3. The monoisotopic (exact) mass is 452 g/mol. The first kappa shape index (κ1) is 20.9. The first-order chi connectivity index (χ1) is 12.8. The molecule has 1 aromatic carbocycles. The van der Waals surface area contributed by atoms with Crippen LogP contribution in [0.3, 0.4) is 0 Å². The third-order valence-electron chi connectivity index (χ3n) is 3.12. The van der Waals surface area contributed by atoms with Crippen LogP contribution in [0.15, 0.2) is 28.1 Å². The number of carbonyl (C=O) groups is 3. The van der Waals surface area contributed by atoms with E-state index in [1.165, 1.54) is 37.3 Å². The van der Waals surface area contributed by atoms with Gasteiger partial charge in [0, 0.05) is 24.8 Å². The van der Waals surface area contributed by atoms with Crippen LogP contribution in [0.25, 0.3) is 12.2 Å². The van der Waals surface area contributed by atoms with Crippen molar-refractivity contribution in [3.05, 3.63) is 44.1 Å². The number of esters is 3. The third kappa shape index (κ3) is 6.04. The van der Waals surface area contributed by atoms with Crippen molar-refractivity contribution in [2.24, 2.45) is 0 Å². The van der Waals surface area contributed by atoms with E-state index in [4.69, 9.17) is 14.2 Å². The molecule has 0 fully saturated rings. The van der Waals surface area contributed by atoms with Crippen molar-refractivity contribution in [2.75, 3.05) is 6.61 Å². The summed E-state index contributed by atoms with van der Waals surface area (Å²) in [5, 5.41) is 0. The van der Waals surface area contributed by atoms with Crippen LogP contribution in [-0.2, 0) is 14.3 Å². The van der Waals surface area contributed by atoms with Gasteiger partial charge in [0.2, 0.25) is 0 Å². The lowest BCUT2D eigenvalue weighted by molar-refractivity contribution is -0.132. The Hall–Kier alpha value is -2.45. The second kappa shape index (κ2) is 9.48. The van der Waals surface area contributed by atoms with Gasteiger partial charge in [0.15, 0.2) is 0 Å². The molecule has 1 aromatic heterocycles. The zero-order valence-electron chi connectivity index (χ0n) is 14.9. The zero-order chi connectivity index (χ0) is 20.0. The molecular weight excluding hydrogens is 436 g/mol. The van der Waals surface area contributed by atoms with Crippen molar-refractivity contribution in [3.63, 3.8) is 0 Å². The van der Waals surface area contributed by atoms with Crippen LogP contribution >= 0.6 is 27.3 Å². The van der Waals surface area contributed by atoms with Gasteiger partial charge in [-0.05, 0) is 52.7 Å². The predicted molar refractivity (Wildman–Crippen MR) is 106 cm³/mol. The highest BCUT2D eigenvalue weighted by Crippen LogP contribution is 2.32. The molecule has 0 spiro atoms. The maximum absolute atomic E-state index is 12.5. The molecule has 0 amide bonds. The van der Waals surface area contributed by atoms with E-state index in [-0.39, 0.29) is 23.7 Å². The highest BCUT2D eigenvalue weighted by Gasteiger charge is 2.21. The minimum Gasteiger partial charge on any atom is -0.462 e. The smallest absolute Gasteiger partial charge is 0.342 e. The molecule has 0 unspecified atom stereocenters. The molecule has 0 N–H and O–H groups in total. The summed E-state index contributed by atoms with van der Waals surface area (Å²) in [6.45, 7) is 4.30. The molecule has 0 aliphatic carbocycles. The van der Waals surface area contributed by atoms with Crippen molar-refractivity contribution in [2.45, 2.75) is 20.8 Å². The second-order valence-corrected chi connectivity index (χ2v) is 7.76. The quantitative estimate of drug-likeness (QED) is 0.466. The Morgan fingerprint density at radius 1 is 1.07 bits per heavy atom. The van der Waals surface area contributed by atoms with Crippen molar-refractivity contribution >= 4 is 57.3 Å².